The molecule has 1 amide bonds. The summed E-state index contributed by atoms with van der Waals surface area (Å²) in [6.45, 7) is 2.60. The first-order chi connectivity index (χ1) is 7.08. The fourth-order valence-electron chi connectivity index (χ4n) is 1.24. The highest BCUT2D eigenvalue weighted by Gasteiger charge is 2.08. The second-order valence-electron chi connectivity index (χ2n) is 3.37. The number of carbonyl (C=O) groups is 1. The SMILES string of the molecule is CC(Cn1ccnc1)NC(=O)CC(N)=S. The van der Waals surface area contributed by atoms with Crippen LogP contribution in [0.4, 0.5) is 0 Å². The van der Waals surface area contributed by atoms with E-state index in [2.05, 4.69) is 22.5 Å². The van der Waals surface area contributed by atoms with Gasteiger partial charge < -0.3 is 15.6 Å². The first-order valence-corrected chi connectivity index (χ1v) is 5.02. The second-order valence-corrected chi connectivity index (χ2v) is 3.90. The summed E-state index contributed by atoms with van der Waals surface area (Å²) in [5.74, 6) is -0.143. The molecule has 0 spiro atoms. The summed E-state index contributed by atoms with van der Waals surface area (Å²) in [5, 5.41) is 2.79. The van der Waals surface area contributed by atoms with Crippen LogP contribution in [-0.2, 0) is 11.3 Å². The highest BCUT2D eigenvalue weighted by Crippen LogP contribution is 1.92. The maximum absolute atomic E-state index is 11.3. The lowest BCUT2D eigenvalue weighted by atomic mass is 10.3. The molecule has 0 saturated carbocycles. The first kappa shape index (κ1) is 11.6. The van der Waals surface area contributed by atoms with Crippen molar-refractivity contribution in [1.29, 1.82) is 0 Å². The monoisotopic (exact) mass is 226 g/mol. The molecule has 1 aromatic heterocycles. The molecule has 1 rings (SSSR count). The lowest BCUT2D eigenvalue weighted by Crippen LogP contribution is -2.37. The minimum Gasteiger partial charge on any atom is -0.393 e. The van der Waals surface area contributed by atoms with Gasteiger partial charge in [-0.2, -0.15) is 0 Å². The van der Waals surface area contributed by atoms with Crippen LogP contribution in [0.1, 0.15) is 13.3 Å². The summed E-state index contributed by atoms with van der Waals surface area (Å²) in [6.07, 6.45) is 5.35. The van der Waals surface area contributed by atoms with Gasteiger partial charge in [-0.05, 0) is 6.92 Å². The van der Waals surface area contributed by atoms with Crippen molar-refractivity contribution in [2.24, 2.45) is 5.73 Å². The van der Waals surface area contributed by atoms with E-state index in [0.29, 0.717) is 6.54 Å². The van der Waals surface area contributed by atoms with Gasteiger partial charge in [-0.3, -0.25) is 4.79 Å². The molecule has 0 fully saturated rings. The van der Waals surface area contributed by atoms with Crippen molar-refractivity contribution >= 4 is 23.1 Å². The van der Waals surface area contributed by atoms with E-state index in [1.807, 2.05) is 17.7 Å². The Balaban J connectivity index is 2.32. The van der Waals surface area contributed by atoms with Gasteiger partial charge in [0.25, 0.3) is 0 Å². The third kappa shape index (κ3) is 4.55. The van der Waals surface area contributed by atoms with Crippen molar-refractivity contribution in [3.05, 3.63) is 18.7 Å². The summed E-state index contributed by atoms with van der Waals surface area (Å²) >= 11 is 4.64. The molecular weight excluding hydrogens is 212 g/mol. The summed E-state index contributed by atoms with van der Waals surface area (Å²) in [7, 11) is 0. The van der Waals surface area contributed by atoms with Crippen molar-refractivity contribution in [2.45, 2.75) is 25.9 Å². The normalized spacial score (nSPS) is 12.1. The third-order valence-electron chi connectivity index (χ3n) is 1.79. The van der Waals surface area contributed by atoms with Gasteiger partial charge in [-0.25, -0.2) is 4.98 Å². The standard InChI is InChI=1S/C9H14N4OS/c1-7(5-13-3-2-11-6-13)12-9(14)4-8(10)15/h2-3,6-7H,4-5H2,1H3,(H2,10,15)(H,12,14). The lowest BCUT2D eigenvalue weighted by molar-refractivity contribution is -0.120. The van der Waals surface area contributed by atoms with Gasteiger partial charge in [0.1, 0.15) is 0 Å². The van der Waals surface area contributed by atoms with E-state index < -0.39 is 0 Å². The Hall–Kier alpha value is -1.43. The zero-order chi connectivity index (χ0) is 11.3. The molecule has 0 bridgehead atoms. The number of hydrogen-bond acceptors (Lipinski definition) is 3. The number of rotatable bonds is 5. The topological polar surface area (TPSA) is 72.9 Å². The van der Waals surface area contributed by atoms with Gasteiger partial charge in [-0.1, -0.05) is 12.2 Å². The average Bonchev–Trinajstić information content (AvgIpc) is 2.53. The number of nitrogens with zero attached hydrogens (tertiary/aromatic N) is 2. The minimum atomic E-state index is -0.143. The number of hydrogen-bond donors (Lipinski definition) is 2. The van der Waals surface area contributed by atoms with Gasteiger partial charge in [-0.15, -0.1) is 0 Å². The van der Waals surface area contributed by atoms with Gasteiger partial charge >= 0.3 is 0 Å². The Bertz CT molecular complexity index is 336. The molecule has 15 heavy (non-hydrogen) atoms. The predicted octanol–water partition coefficient (Wildman–Crippen LogP) is 0.0640. The Morgan fingerprint density at radius 3 is 3.00 bits per heavy atom. The Morgan fingerprint density at radius 2 is 2.47 bits per heavy atom. The molecule has 3 N–H and O–H groups in total. The first-order valence-electron chi connectivity index (χ1n) is 4.61. The number of imidazole rings is 1. The zero-order valence-corrected chi connectivity index (χ0v) is 9.33. The molecule has 0 aliphatic carbocycles. The number of nitrogens with one attached hydrogen (secondary N) is 1. The van der Waals surface area contributed by atoms with Gasteiger partial charge in [0.15, 0.2) is 0 Å². The van der Waals surface area contributed by atoms with Crippen LogP contribution in [0, 0.1) is 0 Å². The van der Waals surface area contributed by atoms with Crippen LogP contribution in [0.3, 0.4) is 0 Å². The van der Waals surface area contributed by atoms with Crippen molar-refractivity contribution in [3.63, 3.8) is 0 Å². The number of nitrogens with two attached hydrogens (primary N) is 1. The summed E-state index contributed by atoms with van der Waals surface area (Å²) in [6, 6.07) is 0.0287. The van der Waals surface area contributed by atoms with E-state index in [0.717, 1.165) is 0 Å². The molecule has 0 radical (unpaired) electrons. The molecule has 5 nitrogen and oxygen atoms in total. The van der Waals surface area contributed by atoms with E-state index in [-0.39, 0.29) is 23.4 Å². The second kappa shape index (κ2) is 5.45. The Kier molecular flexibility index (Phi) is 4.23. The minimum absolute atomic E-state index is 0.0287. The number of amides is 1. The highest BCUT2D eigenvalue weighted by atomic mass is 32.1. The summed E-state index contributed by atoms with van der Waals surface area (Å²) in [4.78, 5) is 15.4. The fraction of sp³-hybridized carbons (Fsp3) is 0.444. The van der Waals surface area contributed by atoms with Crippen molar-refractivity contribution in [1.82, 2.24) is 14.9 Å². The van der Waals surface area contributed by atoms with E-state index in [1.165, 1.54) is 0 Å². The molecule has 1 heterocycles. The predicted molar refractivity (Wildman–Crippen MR) is 61.2 cm³/mol. The number of aromatic nitrogens is 2. The Labute approximate surface area is 93.7 Å². The summed E-state index contributed by atoms with van der Waals surface area (Å²) < 4.78 is 1.89. The van der Waals surface area contributed by atoms with E-state index in [4.69, 9.17) is 5.73 Å². The van der Waals surface area contributed by atoms with Crippen LogP contribution in [-0.4, -0.2) is 26.5 Å². The Morgan fingerprint density at radius 1 is 1.73 bits per heavy atom. The molecule has 1 aromatic rings. The number of thiocarbonyl (C=S) groups is 1. The third-order valence-corrected chi connectivity index (χ3v) is 1.93. The molecule has 1 atom stereocenters. The molecule has 0 aliphatic rings. The van der Waals surface area contributed by atoms with Crippen molar-refractivity contribution in [2.75, 3.05) is 0 Å². The van der Waals surface area contributed by atoms with Crippen LogP contribution in [0.5, 0.6) is 0 Å². The molecule has 1 unspecified atom stereocenters. The maximum atomic E-state index is 11.3. The lowest BCUT2D eigenvalue weighted by Gasteiger charge is -2.13. The van der Waals surface area contributed by atoms with Gasteiger partial charge in [0, 0.05) is 25.0 Å². The van der Waals surface area contributed by atoms with Gasteiger partial charge in [0.2, 0.25) is 5.91 Å². The van der Waals surface area contributed by atoms with Crippen LogP contribution in [0.15, 0.2) is 18.7 Å². The molecule has 0 aromatic carbocycles. The highest BCUT2D eigenvalue weighted by molar-refractivity contribution is 7.80. The van der Waals surface area contributed by atoms with E-state index in [1.54, 1.807) is 12.5 Å². The van der Waals surface area contributed by atoms with Crippen LogP contribution >= 0.6 is 12.2 Å². The fourth-order valence-corrected chi connectivity index (χ4v) is 1.37. The smallest absolute Gasteiger partial charge is 0.227 e. The number of carbonyl (C=O) groups excluding carboxylic acids is 1. The molecule has 0 aliphatic heterocycles. The molecule has 6 heteroatoms. The van der Waals surface area contributed by atoms with Crippen LogP contribution < -0.4 is 11.1 Å². The largest absolute Gasteiger partial charge is 0.393 e. The van der Waals surface area contributed by atoms with Gasteiger partial charge in [0.05, 0.1) is 17.7 Å². The van der Waals surface area contributed by atoms with Crippen LogP contribution in [0.25, 0.3) is 0 Å². The molecule has 82 valence electrons. The average molecular weight is 226 g/mol. The van der Waals surface area contributed by atoms with Crippen molar-refractivity contribution in [3.8, 4) is 0 Å². The quantitative estimate of drug-likeness (QED) is 0.697. The van der Waals surface area contributed by atoms with E-state index in [9.17, 15) is 4.79 Å². The molecule has 0 saturated heterocycles. The van der Waals surface area contributed by atoms with Crippen molar-refractivity contribution < 1.29 is 4.79 Å². The molecular formula is C9H14N4OS. The van der Waals surface area contributed by atoms with E-state index >= 15 is 0 Å². The zero-order valence-electron chi connectivity index (χ0n) is 8.51. The summed E-state index contributed by atoms with van der Waals surface area (Å²) in [5.41, 5.74) is 5.26. The maximum Gasteiger partial charge on any atom is 0.227 e. The van der Waals surface area contributed by atoms with Crippen LogP contribution in [0.2, 0.25) is 0 Å².